The van der Waals surface area contributed by atoms with Gasteiger partial charge >= 0.3 is 23.9 Å². The summed E-state index contributed by atoms with van der Waals surface area (Å²) in [5.41, 5.74) is 0.237. The fraction of sp³-hybridized carbons (Fsp3) is 0.444. The third-order valence-electron chi connectivity index (χ3n) is 4.14. The molecule has 0 saturated heterocycles. The first-order valence-corrected chi connectivity index (χ1v) is 10.1. The van der Waals surface area contributed by atoms with Gasteiger partial charge in [-0.05, 0) is 37.8 Å². The number of carbonyl (C=O) groups excluding carboxylic acids is 2. The molecular weight excluding hydrogens is 451 g/mol. The maximum Gasteiger partial charge on any atom is 0.326 e. The van der Waals surface area contributed by atoms with E-state index in [1.807, 2.05) is 5.32 Å². The minimum Gasteiger partial charge on any atom is -0.481 e. The second-order valence-electron chi connectivity index (χ2n) is 6.55. The molecule has 0 aliphatic rings. The molecule has 3 amide bonds. The van der Waals surface area contributed by atoms with Crippen LogP contribution in [0.5, 0.6) is 0 Å². The summed E-state index contributed by atoms with van der Waals surface area (Å²) < 4.78 is 12.3. The Kier molecular flexibility index (Phi) is 11.5. The van der Waals surface area contributed by atoms with E-state index in [-0.39, 0.29) is 42.1 Å². The highest BCUT2D eigenvalue weighted by molar-refractivity contribution is 7.94. The van der Waals surface area contributed by atoms with E-state index in [1.54, 1.807) is 0 Å². The van der Waals surface area contributed by atoms with Crippen molar-refractivity contribution in [3.63, 3.8) is 0 Å². The smallest absolute Gasteiger partial charge is 0.326 e. The second-order valence-corrected chi connectivity index (χ2v) is 7.12. The molecule has 0 fully saturated rings. The van der Waals surface area contributed by atoms with Crippen LogP contribution in [0.1, 0.15) is 42.5 Å². The zero-order valence-electron chi connectivity index (χ0n) is 16.7. The van der Waals surface area contributed by atoms with Crippen LogP contribution in [-0.2, 0) is 14.4 Å². The summed E-state index contributed by atoms with van der Waals surface area (Å²) in [6.45, 7) is 0.216. The Bertz CT molecular complexity index is 824. The number of halogens is 1. The Morgan fingerprint density at radius 2 is 1.59 bits per heavy atom. The van der Waals surface area contributed by atoms with Gasteiger partial charge in [0.2, 0.25) is 0 Å². The lowest BCUT2D eigenvalue weighted by molar-refractivity contribution is -0.140. The molecule has 1 aromatic heterocycles. The molecular formula is C18H23FN4O8S. The molecule has 0 radical (unpaired) electrons. The lowest BCUT2D eigenvalue weighted by atomic mass is 10.1. The van der Waals surface area contributed by atoms with E-state index in [0.717, 1.165) is 0 Å². The van der Waals surface area contributed by atoms with Crippen molar-refractivity contribution in [1.82, 2.24) is 20.9 Å². The normalized spacial score (nSPS) is 12.3. The maximum atomic E-state index is 12.3. The first-order chi connectivity index (χ1) is 15.1. The molecule has 12 nitrogen and oxygen atoms in total. The van der Waals surface area contributed by atoms with E-state index in [0.29, 0.717) is 12.8 Å². The standard InChI is InChI=1S/C18H23FN4O8S/c19-32-13-6-4-10(9-21-13)15(26)20-8-2-1-3-11(16(27)28)22-18(31)23-12(17(29)30)5-7-14(24)25/h4,6,9,11-12H,1-3,5,7-8H2,(H,20,26)(H,24,25)(H,27,28)(H,29,30)(H2,22,23,31). The van der Waals surface area contributed by atoms with Gasteiger partial charge in [-0.1, -0.05) is 0 Å². The number of carbonyl (C=O) groups is 5. The van der Waals surface area contributed by atoms with Crippen LogP contribution in [0.3, 0.4) is 0 Å². The van der Waals surface area contributed by atoms with Gasteiger partial charge in [0.15, 0.2) is 0 Å². The molecule has 2 atom stereocenters. The predicted molar refractivity (Wildman–Crippen MR) is 109 cm³/mol. The highest BCUT2D eigenvalue weighted by atomic mass is 32.2. The summed E-state index contributed by atoms with van der Waals surface area (Å²) in [6.07, 6.45) is 1.09. The quantitative estimate of drug-likeness (QED) is 0.212. The number of hydrogen-bond donors (Lipinski definition) is 6. The van der Waals surface area contributed by atoms with Crippen LogP contribution >= 0.6 is 12.1 Å². The third kappa shape index (κ3) is 10.1. The van der Waals surface area contributed by atoms with Crippen LogP contribution in [0.2, 0.25) is 0 Å². The Labute approximate surface area is 186 Å². The van der Waals surface area contributed by atoms with Crippen LogP contribution in [0.25, 0.3) is 0 Å². The van der Waals surface area contributed by atoms with Gasteiger partial charge in [-0.15, -0.1) is 0 Å². The van der Waals surface area contributed by atoms with E-state index in [2.05, 4.69) is 15.6 Å². The number of amides is 3. The van der Waals surface area contributed by atoms with Gasteiger partial charge in [-0.2, -0.15) is 3.89 Å². The van der Waals surface area contributed by atoms with Gasteiger partial charge in [-0.3, -0.25) is 9.59 Å². The van der Waals surface area contributed by atoms with Crippen molar-refractivity contribution in [2.75, 3.05) is 6.54 Å². The Hall–Kier alpha value is -3.42. The minimum absolute atomic E-state index is 0.00939. The molecule has 0 aliphatic heterocycles. The minimum atomic E-state index is -1.48. The average Bonchev–Trinajstić information content (AvgIpc) is 2.74. The fourth-order valence-electron chi connectivity index (χ4n) is 2.48. The van der Waals surface area contributed by atoms with Crippen LogP contribution in [0.15, 0.2) is 23.4 Å². The monoisotopic (exact) mass is 474 g/mol. The summed E-state index contributed by atoms with van der Waals surface area (Å²) >= 11 is -0.0471. The van der Waals surface area contributed by atoms with Gasteiger partial charge in [0.25, 0.3) is 5.91 Å². The van der Waals surface area contributed by atoms with Crippen molar-refractivity contribution in [2.24, 2.45) is 0 Å². The van der Waals surface area contributed by atoms with Gasteiger partial charge < -0.3 is 31.3 Å². The number of nitrogens with zero attached hydrogens (tertiary/aromatic N) is 1. The van der Waals surface area contributed by atoms with Crippen LogP contribution in [-0.4, -0.2) is 68.8 Å². The number of urea groups is 1. The molecule has 2 unspecified atom stereocenters. The number of unbranched alkanes of at least 4 members (excludes halogenated alkanes) is 1. The van der Waals surface area contributed by atoms with Crippen molar-refractivity contribution in [3.05, 3.63) is 23.9 Å². The lowest BCUT2D eigenvalue weighted by Gasteiger charge is -2.18. The molecule has 176 valence electrons. The van der Waals surface area contributed by atoms with Gasteiger partial charge in [0, 0.05) is 19.2 Å². The van der Waals surface area contributed by atoms with Gasteiger partial charge in [-0.25, -0.2) is 19.4 Å². The van der Waals surface area contributed by atoms with E-state index >= 15 is 0 Å². The number of pyridine rings is 1. The summed E-state index contributed by atoms with van der Waals surface area (Å²) in [6, 6.07) is -1.08. The average molecular weight is 474 g/mol. The van der Waals surface area contributed by atoms with Crippen LogP contribution < -0.4 is 16.0 Å². The molecule has 0 aromatic carbocycles. The third-order valence-corrected chi connectivity index (χ3v) is 4.54. The molecule has 0 aliphatic carbocycles. The van der Waals surface area contributed by atoms with Crippen molar-refractivity contribution in [2.45, 2.75) is 49.2 Å². The van der Waals surface area contributed by atoms with Crippen molar-refractivity contribution < 1.29 is 43.2 Å². The van der Waals surface area contributed by atoms with E-state index in [1.165, 1.54) is 18.3 Å². The molecule has 1 heterocycles. The second kappa shape index (κ2) is 13.8. The predicted octanol–water partition coefficient (Wildman–Crippen LogP) is 1.03. The summed E-state index contributed by atoms with van der Waals surface area (Å²) in [7, 11) is 0. The van der Waals surface area contributed by atoms with Crippen molar-refractivity contribution in [1.29, 1.82) is 0 Å². The van der Waals surface area contributed by atoms with Crippen molar-refractivity contribution in [3.8, 4) is 0 Å². The first kappa shape index (κ1) is 26.6. The molecule has 1 aromatic rings. The molecule has 0 bridgehead atoms. The largest absolute Gasteiger partial charge is 0.481 e. The number of nitrogens with one attached hydrogen (secondary N) is 3. The molecule has 14 heteroatoms. The zero-order valence-corrected chi connectivity index (χ0v) is 17.6. The molecule has 0 saturated carbocycles. The van der Waals surface area contributed by atoms with Gasteiger partial charge in [0.05, 0.1) is 5.56 Å². The molecule has 0 spiro atoms. The SMILES string of the molecule is O=C(O)CCC(NC(=O)NC(CCCCNC(=O)c1ccc(SF)nc1)C(=O)O)C(=O)O. The topological polar surface area (TPSA) is 195 Å². The number of aromatic nitrogens is 1. The van der Waals surface area contributed by atoms with E-state index in [9.17, 15) is 33.0 Å². The number of hydrogen-bond acceptors (Lipinski definition) is 7. The molecule has 32 heavy (non-hydrogen) atoms. The Morgan fingerprint density at radius 3 is 2.09 bits per heavy atom. The summed E-state index contributed by atoms with van der Waals surface area (Å²) in [5.74, 6) is -4.45. The fourth-order valence-corrected chi connectivity index (χ4v) is 2.69. The summed E-state index contributed by atoms with van der Waals surface area (Å²) in [5, 5.41) is 33.8. The van der Waals surface area contributed by atoms with E-state index < -0.39 is 48.4 Å². The number of aliphatic carboxylic acids is 3. The lowest BCUT2D eigenvalue weighted by Crippen LogP contribution is -2.51. The first-order valence-electron chi connectivity index (χ1n) is 9.41. The Morgan fingerprint density at radius 1 is 0.969 bits per heavy atom. The zero-order chi connectivity index (χ0) is 24.1. The number of carboxylic acids is 3. The summed E-state index contributed by atoms with van der Waals surface area (Å²) in [4.78, 5) is 60.6. The molecule has 1 rings (SSSR count). The molecule has 6 N–H and O–H groups in total. The maximum absolute atomic E-state index is 12.3. The number of rotatable bonds is 14. The Balaban J connectivity index is 2.41. The van der Waals surface area contributed by atoms with Crippen LogP contribution in [0.4, 0.5) is 8.68 Å². The van der Waals surface area contributed by atoms with Crippen molar-refractivity contribution >= 4 is 42.0 Å². The van der Waals surface area contributed by atoms with Crippen LogP contribution in [0, 0.1) is 0 Å². The highest BCUT2D eigenvalue weighted by Crippen LogP contribution is 2.15. The van der Waals surface area contributed by atoms with E-state index in [4.69, 9.17) is 10.2 Å². The number of carboxylic acid groups (broad SMARTS) is 3. The van der Waals surface area contributed by atoms with Gasteiger partial charge in [0.1, 0.15) is 29.3 Å². The highest BCUT2D eigenvalue weighted by Gasteiger charge is 2.24.